The first-order valence-electron chi connectivity index (χ1n) is 3.63. The van der Waals surface area contributed by atoms with E-state index in [0.717, 1.165) is 6.54 Å². The molecule has 0 bridgehead atoms. The number of hydrazine groups is 1. The highest BCUT2D eigenvalue weighted by molar-refractivity contribution is 7.97. The Morgan fingerprint density at radius 1 is 1.27 bits per heavy atom. The van der Waals surface area contributed by atoms with Crippen LogP contribution < -0.4 is 10.3 Å². The molecule has 0 heterocycles. The molecule has 2 N–H and O–H groups in total. The van der Waals surface area contributed by atoms with Crippen molar-refractivity contribution in [2.75, 3.05) is 6.54 Å². The molecule has 0 saturated heterocycles. The summed E-state index contributed by atoms with van der Waals surface area (Å²) in [6, 6.07) is 10.2. The molecule has 0 aliphatic rings. The zero-order valence-corrected chi connectivity index (χ0v) is 7.32. The molecular weight excluding hydrogens is 156 g/mol. The minimum absolute atomic E-state index is 0.930. The molecule has 0 aromatic heterocycles. The van der Waals surface area contributed by atoms with Crippen molar-refractivity contribution in [3.05, 3.63) is 30.3 Å². The lowest BCUT2D eigenvalue weighted by atomic mass is 10.4. The van der Waals surface area contributed by atoms with Gasteiger partial charge in [0.1, 0.15) is 0 Å². The van der Waals surface area contributed by atoms with E-state index >= 15 is 0 Å². The molecule has 0 radical (unpaired) electrons. The summed E-state index contributed by atoms with van der Waals surface area (Å²) in [5.74, 6) is 0. The van der Waals surface area contributed by atoms with Crippen LogP contribution in [0.4, 0.5) is 0 Å². The van der Waals surface area contributed by atoms with Crippen LogP contribution in [0.5, 0.6) is 0 Å². The van der Waals surface area contributed by atoms with Crippen molar-refractivity contribution in [2.24, 2.45) is 0 Å². The van der Waals surface area contributed by atoms with Gasteiger partial charge in [-0.15, -0.1) is 0 Å². The molecule has 0 atom stereocenters. The minimum Gasteiger partial charge on any atom is -0.248 e. The monoisotopic (exact) mass is 168 g/mol. The Hall–Kier alpha value is -0.510. The van der Waals surface area contributed by atoms with Gasteiger partial charge >= 0.3 is 0 Å². The summed E-state index contributed by atoms with van der Waals surface area (Å²) in [6.07, 6.45) is 0. The van der Waals surface area contributed by atoms with Crippen LogP contribution in [0.2, 0.25) is 0 Å². The van der Waals surface area contributed by atoms with Crippen LogP contribution in [0.3, 0.4) is 0 Å². The van der Waals surface area contributed by atoms with E-state index in [4.69, 9.17) is 0 Å². The Morgan fingerprint density at radius 2 is 2.00 bits per heavy atom. The highest BCUT2D eigenvalue weighted by atomic mass is 32.2. The van der Waals surface area contributed by atoms with Crippen molar-refractivity contribution in [3.8, 4) is 0 Å². The molecule has 0 spiro atoms. The van der Waals surface area contributed by atoms with E-state index < -0.39 is 0 Å². The summed E-state index contributed by atoms with van der Waals surface area (Å²) in [4.78, 5) is 4.23. The third-order valence-corrected chi connectivity index (χ3v) is 1.92. The van der Waals surface area contributed by atoms with Crippen LogP contribution in [-0.2, 0) is 0 Å². The van der Waals surface area contributed by atoms with Crippen LogP contribution in [0.25, 0.3) is 0 Å². The van der Waals surface area contributed by atoms with E-state index in [-0.39, 0.29) is 0 Å². The van der Waals surface area contributed by atoms with Gasteiger partial charge in [-0.25, -0.2) is 5.43 Å². The second kappa shape index (κ2) is 5.18. The number of rotatable bonds is 4. The Morgan fingerprint density at radius 3 is 2.64 bits per heavy atom. The van der Waals surface area contributed by atoms with Gasteiger partial charge in [0.05, 0.1) is 0 Å². The average molecular weight is 168 g/mol. The molecule has 0 fully saturated rings. The number of hydrogen-bond donors (Lipinski definition) is 2. The van der Waals surface area contributed by atoms with Crippen LogP contribution >= 0.6 is 11.9 Å². The van der Waals surface area contributed by atoms with Crippen molar-refractivity contribution in [1.82, 2.24) is 10.3 Å². The molecule has 0 aliphatic heterocycles. The van der Waals surface area contributed by atoms with Gasteiger partial charge in [0.15, 0.2) is 0 Å². The van der Waals surface area contributed by atoms with Crippen molar-refractivity contribution in [2.45, 2.75) is 11.8 Å². The maximum atomic E-state index is 3.02. The Labute approximate surface area is 71.5 Å². The first-order valence-corrected chi connectivity index (χ1v) is 4.45. The molecule has 0 unspecified atom stereocenters. The van der Waals surface area contributed by atoms with Crippen molar-refractivity contribution < 1.29 is 0 Å². The minimum atomic E-state index is 0.930. The van der Waals surface area contributed by atoms with E-state index in [9.17, 15) is 0 Å². The lowest BCUT2D eigenvalue weighted by molar-refractivity contribution is 0.720. The Kier molecular flexibility index (Phi) is 4.04. The molecule has 1 aromatic rings. The largest absolute Gasteiger partial charge is 0.248 e. The standard InChI is InChI=1S/C8H12N2S/c1-2-9-10-11-8-6-4-3-5-7-8/h3-7,9-10H,2H2,1H3. The summed E-state index contributed by atoms with van der Waals surface area (Å²) in [6.45, 7) is 2.98. The highest BCUT2D eigenvalue weighted by Gasteiger charge is 1.87. The molecule has 3 heteroatoms. The summed E-state index contributed by atoms with van der Waals surface area (Å²) >= 11 is 1.58. The first-order chi connectivity index (χ1) is 5.43. The number of benzene rings is 1. The summed E-state index contributed by atoms with van der Waals surface area (Å²) in [5, 5.41) is 0. The maximum absolute atomic E-state index is 3.02. The zero-order valence-electron chi connectivity index (χ0n) is 6.50. The van der Waals surface area contributed by atoms with Gasteiger partial charge < -0.3 is 0 Å². The third-order valence-electron chi connectivity index (χ3n) is 1.16. The fraction of sp³-hybridized carbons (Fsp3) is 0.250. The smallest absolute Gasteiger partial charge is 0.0240 e. The van der Waals surface area contributed by atoms with Gasteiger partial charge in [-0.3, -0.25) is 0 Å². The maximum Gasteiger partial charge on any atom is 0.0240 e. The number of nitrogens with one attached hydrogen (secondary N) is 2. The predicted molar refractivity (Wildman–Crippen MR) is 49.1 cm³/mol. The predicted octanol–water partition coefficient (Wildman–Crippen LogP) is 1.81. The number of hydrogen-bond acceptors (Lipinski definition) is 3. The normalized spacial score (nSPS) is 9.91. The first kappa shape index (κ1) is 8.59. The summed E-state index contributed by atoms with van der Waals surface area (Å²) in [5.41, 5.74) is 3.01. The van der Waals surface area contributed by atoms with E-state index in [1.54, 1.807) is 11.9 Å². The average Bonchev–Trinajstić information content (AvgIpc) is 2.07. The molecule has 1 aromatic carbocycles. The topological polar surface area (TPSA) is 24.1 Å². The zero-order chi connectivity index (χ0) is 7.94. The van der Waals surface area contributed by atoms with Crippen molar-refractivity contribution >= 4 is 11.9 Å². The van der Waals surface area contributed by atoms with Gasteiger partial charge in [0, 0.05) is 11.4 Å². The van der Waals surface area contributed by atoms with Gasteiger partial charge in [-0.05, 0) is 24.1 Å². The Balaban J connectivity index is 2.28. The van der Waals surface area contributed by atoms with Crippen molar-refractivity contribution in [3.63, 3.8) is 0 Å². The lowest BCUT2D eigenvalue weighted by Crippen LogP contribution is -2.24. The quantitative estimate of drug-likeness (QED) is 0.407. The SMILES string of the molecule is CCNNSc1ccccc1. The second-order valence-corrected chi connectivity index (χ2v) is 2.93. The molecule has 0 saturated carbocycles. The van der Waals surface area contributed by atoms with Crippen LogP contribution in [0.15, 0.2) is 35.2 Å². The van der Waals surface area contributed by atoms with E-state index in [1.165, 1.54) is 4.90 Å². The van der Waals surface area contributed by atoms with Gasteiger partial charge in [-0.1, -0.05) is 25.1 Å². The highest BCUT2D eigenvalue weighted by Crippen LogP contribution is 2.11. The molecular formula is C8H12N2S. The van der Waals surface area contributed by atoms with E-state index in [0.29, 0.717) is 0 Å². The third kappa shape index (κ3) is 3.41. The molecule has 1 rings (SSSR count). The lowest BCUT2D eigenvalue weighted by Gasteiger charge is -2.01. The van der Waals surface area contributed by atoms with Gasteiger partial charge in [-0.2, -0.15) is 4.83 Å². The van der Waals surface area contributed by atoms with Crippen LogP contribution in [-0.4, -0.2) is 6.54 Å². The van der Waals surface area contributed by atoms with Gasteiger partial charge in [0.25, 0.3) is 0 Å². The molecule has 60 valence electrons. The Bertz CT molecular complexity index is 189. The molecule has 0 amide bonds. The fourth-order valence-corrected chi connectivity index (χ4v) is 1.28. The van der Waals surface area contributed by atoms with Crippen LogP contribution in [0, 0.1) is 0 Å². The molecule has 0 aliphatic carbocycles. The summed E-state index contributed by atoms with van der Waals surface area (Å²) < 4.78 is 0. The van der Waals surface area contributed by atoms with Crippen molar-refractivity contribution in [1.29, 1.82) is 0 Å². The summed E-state index contributed by atoms with van der Waals surface area (Å²) in [7, 11) is 0. The second-order valence-electron chi connectivity index (χ2n) is 2.05. The van der Waals surface area contributed by atoms with E-state index in [1.807, 2.05) is 18.2 Å². The van der Waals surface area contributed by atoms with Gasteiger partial charge in [0.2, 0.25) is 0 Å². The van der Waals surface area contributed by atoms with Crippen LogP contribution in [0.1, 0.15) is 6.92 Å². The van der Waals surface area contributed by atoms with E-state index in [2.05, 4.69) is 29.3 Å². The molecule has 2 nitrogen and oxygen atoms in total. The fourth-order valence-electron chi connectivity index (χ4n) is 0.656. The molecule has 11 heavy (non-hydrogen) atoms.